The molecule has 0 atom stereocenters. The van der Waals surface area contributed by atoms with Gasteiger partial charge >= 0.3 is 0 Å². The third-order valence-corrected chi connectivity index (χ3v) is 3.14. The molecule has 0 heterocycles. The van der Waals surface area contributed by atoms with Crippen LogP contribution < -0.4 is 4.74 Å². The maximum Gasteiger partial charge on any atom is 0.152 e. The molecule has 0 aliphatic rings. The number of para-hydroxylation sites is 1. The van der Waals surface area contributed by atoms with Gasteiger partial charge in [-0.05, 0) is 43.0 Å². The van der Waals surface area contributed by atoms with E-state index in [1.807, 2.05) is 42.5 Å². The molecule has 0 N–H and O–H groups in total. The summed E-state index contributed by atoms with van der Waals surface area (Å²) in [5, 5.41) is 0. The lowest BCUT2D eigenvalue weighted by Gasteiger charge is -2.11. The van der Waals surface area contributed by atoms with Crippen molar-refractivity contribution in [3.63, 3.8) is 0 Å². The number of carbonyl (C=O) groups excluding carboxylic acids is 1. The van der Waals surface area contributed by atoms with E-state index in [1.54, 1.807) is 13.0 Å². The lowest BCUT2D eigenvalue weighted by molar-refractivity contribution is -0.112. The van der Waals surface area contributed by atoms with Crippen LogP contribution in [0.4, 0.5) is 0 Å². The molecule has 0 amide bonds. The van der Waals surface area contributed by atoms with Crippen molar-refractivity contribution in [3.05, 3.63) is 77.9 Å². The molecule has 0 saturated carbocycles. The third kappa shape index (κ3) is 5.27. The molecule has 21 heavy (non-hydrogen) atoms. The highest BCUT2D eigenvalue weighted by Crippen LogP contribution is 2.21. The van der Waals surface area contributed by atoms with Crippen LogP contribution in [-0.2, 0) is 17.8 Å². The van der Waals surface area contributed by atoms with E-state index in [4.69, 9.17) is 4.74 Å². The minimum Gasteiger partial charge on any atom is -0.489 e. The van der Waals surface area contributed by atoms with E-state index in [9.17, 15) is 4.79 Å². The van der Waals surface area contributed by atoms with Gasteiger partial charge in [-0.15, -0.1) is 0 Å². The van der Waals surface area contributed by atoms with Gasteiger partial charge in [0.2, 0.25) is 0 Å². The Morgan fingerprint density at radius 1 is 1.05 bits per heavy atom. The largest absolute Gasteiger partial charge is 0.489 e. The second kappa shape index (κ2) is 8.05. The highest BCUT2D eigenvalue weighted by molar-refractivity contribution is 5.87. The van der Waals surface area contributed by atoms with Crippen molar-refractivity contribution < 1.29 is 9.53 Å². The van der Waals surface area contributed by atoms with Crippen LogP contribution >= 0.6 is 0 Å². The molecular weight excluding hydrogens is 260 g/mol. The van der Waals surface area contributed by atoms with Gasteiger partial charge in [-0.2, -0.15) is 0 Å². The molecular formula is C19H20O2. The number of hydrogen-bond acceptors (Lipinski definition) is 2. The quantitative estimate of drug-likeness (QED) is 0.705. The molecule has 2 heteroatoms. The second-order valence-corrected chi connectivity index (χ2v) is 4.93. The highest BCUT2D eigenvalue weighted by Gasteiger charge is 2.02. The van der Waals surface area contributed by atoms with Crippen molar-refractivity contribution in [2.75, 3.05) is 0 Å². The molecule has 2 nitrogen and oxygen atoms in total. The number of benzene rings is 2. The van der Waals surface area contributed by atoms with E-state index in [0.717, 1.165) is 24.2 Å². The fraction of sp³-hybridized carbons (Fsp3) is 0.211. The molecule has 0 aliphatic heterocycles. The first kappa shape index (κ1) is 15.0. The average Bonchev–Trinajstić information content (AvgIpc) is 2.51. The van der Waals surface area contributed by atoms with Crippen LogP contribution in [-0.4, -0.2) is 5.78 Å². The Balaban J connectivity index is 1.95. The summed E-state index contributed by atoms with van der Waals surface area (Å²) in [6, 6.07) is 18.2. The van der Waals surface area contributed by atoms with Crippen LogP contribution in [0.25, 0.3) is 0 Å². The standard InChI is InChI=1S/C19H20O2/c1-16(20)9-5-6-12-18-13-7-8-14-19(18)21-15-17-10-3-2-4-11-17/h2-5,7-11,13-14H,6,12,15H2,1H3. The Kier molecular flexibility index (Phi) is 5.77. The molecule has 0 unspecified atom stereocenters. The van der Waals surface area contributed by atoms with Gasteiger partial charge in [-0.3, -0.25) is 4.79 Å². The molecule has 2 rings (SSSR count). The van der Waals surface area contributed by atoms with Gasteiger partial charge in [0.05, 0.1) is 0 Å². The van der Waals surface area contributed by atoms with Gasteiger partial charge in [0, 0.05) is 0 Å². The average molecular weight is 280 g/mol. The van der Waals surface area contributed by atoms with Crippen LogP contribution in [0.2, 0.25) is 0 Å². The van der Waals surface area contributed by atoms with Crippen LogP contribution in [0.1, 0.15) is 24.5 Å². The fourth-order valence-corrected chi connectivity index (χ4v) is 2.07. The predicted octanol–water partition coefficient (Wildman–Crippen LogP) is 4.34. The van der Waals surface area contributed by atoms with E-state index >= 15 is 0 Å². The van der Waals surface area contributed by atoms with E-state index in [1.165, 1.54) is 5.56 Å². The summed E-state index contributed by atoms with van der Waals surface area (Å²) in [4.78, 5) is 10.9. The van der Waals surface area contributed by atoms with Gasteiger partial charge in [-0.1, -0.05) is 54.6 Å². The minimum absolute atomic E-state index is 0.0867. The normalized spacial score (nSPS) is 10.7. The van der Waals surface area contributed by atoms with Crippen LogP contribution in [0.5, 0.6) is 5.75 Å². The summed E-state index contributed by atoms with van der Waals surface area (Å²) in [7, 11) is 0. The Hall–Kier alpha value is -2.35. The predicted molar refractivity (Wildman–Crippen MR) is 85.4 cm³/mol. The lowest BCUT2D eigenvalue weighted by atomic mass is 10.1. The summed E-state index contributed by atoms with van der Waals surface area (Å²) < 4.78 is 5.91. The van der Waals surface area contributed by atoms with E-state index in [0.29, 0.717) is 6.61 Å². The van der Waals surface area contributed by atoms with Crippen molar-refractivity contribution in [2.24, 2.45) is 0 Å². The van der Waals surface area contributed by atoms with E-state index in [2.05, 4.69) is 18.2 Å². The molecule has 0 bridgehead atoms. The van der Waals surface area contributed by atoms with Crippen LogP contribution in [0.15, 0.2) is 66.7 Å². The smallest absolute Gasteiger partial charge is 0.152 e. The van der Waals surface area contributed by atoms with Gasteiger partial charge < -0.3 is 4.74 Å². The van der Waals surface area contributed by atoms with Crippen molar-refractivity contribution in [3.8, 4) is 5.75 Å². The topological polar surface area (TPSA) is 26.3 Å². The Labute approximate surface area is 126 Å². The number of ether oxygens (including phenoxy) is 1. The molecule has 2 aromatic rings. The summed E-state index contributed by atoms with van der Waals surface area (Å²) in [5.74, 6) is 1.00. The zero-order chi connectivity index (χ0) is 14.9. The Morgan fingerprint density at radius 2 is 1.76 bits per heavy atom. The van der Waals surface area contributed by atoms with Gasteiger partial charge in [0.1, 0.15) is 12.4 Å². The van der Waals surface area contributed by atoms with Crippen molar-refractivity contribution >= 4 is 5.78 Å². The van der Waals surface area contributed by atoms with Crippen molar-refractivity contribution in [1.29, 1.82) is 0 Å². The summed E-state index contributed by atoms with van der Waals surface area (Å²) in [6.07, 6.45) is 5.24. The minimum atomic E-state index is 0.0867. The fourth-order valence-electron chi connectivity index (χ4n) is 2.07. The maximum atomic E-state index is 10.9. The molecule has 0 aliphatic carbocycles. The zero-order valence-electron chi connectivity index (χ0n) is 12.3. The summed E-state index contributed by atoms with van der Waals surface area (Å²) in [6.45, 7) is 2.13. The van der Waals surface area contributed by atoms with Gasteiger partial charge in [-0.25, -0.2) is 0 Å². The van der Waals surface area contributed by atoms with Crippen LogP contribution in [0.3, 0.4) is 0 Å². The van der Waals surface area contributed by atoms with Gasteiger partial charge in [0.25, 0.3) is 0 Å². The van der Waals surface area contributed by atoms with E-state index in [-0.39, 0.29) is 5.78 Å². The number of allylic oxidation sites excluding steroid dienone is 2. The maximum absolute atomic E-state index is 10.9. The lowest BCUT2D eigenvalue weighted by Crippen LogP contribution is -1.98. The molecule has 0 aromatic heterocycles. The van der Waals surface area contributed by atoms with Crippen LogP contribution in [0, 0.1) is 0 Å². The van der Waals surface area contributed by atoms with E-state index < -0.39 is 0 Å². The first-order valence-electron chi connectivity index (χ1n) is 7.17. The summed E-state index contributed by atoms with van der Waals surface area (Å²) in [5.41, 5.74) is 2.32. The number of ketones is 1. The molecule has 0 radical (unpaired) electrons. The van der Waals surface area contributed by atoms with Crippen molar-refractivity contribution in [2.45, 2.75) is 26.4 Å². The zero-order valence-corrected chi connectivity index (χ0v) is 12.3. The number of hydrogen-bond donors (Lipinski definition) is 0. The highest BCUT2D eigenvalue weighted by atomic mass is 16.5. The summed E-state index contributed by atoms with van der Waals surface area (Å²) >= 11 is 0. The van der Waals surface area contributed by atoms with Gasteiger partial charge in [0.15, 0.2) is 5.78 Å². The molecule has 0 saturated heterocycles. The number of aryl methyl sites for hydroxylation is 1. The first-order chi connectivity index (χ1) is 10.3. The molecule has 0 fully saturated rings. The van der Waals surface area contributed by atoms with Crippen molar-refractivity contribution in [1.82, 2.24) is 0 Å². The Morgan fingerprint density at radius 3 is 2.52 bits per heavy atom. The molecule has 0 spiro atoms. The number of carbonyl (C=O) groups is 1. The Bertz CT molecular complexity index is 600. The SMILES string of the molecule is CC(=O)C=CCCc1ccccc1OCc1ccccc1. The monoisotopic (exact) mass is 280 g/mol. The second-order valence-electron chi connectivity index (χ2n) is 4.93. The first-order valence-corrected chi connectivity index (χ1v) is 7.17. The molecule has 2 aromatic carbocycles. The third-order valence-electron chi connectivity index (χ3n) is 3.14. The number of rotatable bonds is 7. The molecule has 108 valence electrons.